The van der Waals surface area contributed by atoms with Crippen molar-refractivity contribution in [2.24, 2.45) is 0 Å². The van der Waals surface area contributed by atoms with Gasteiger partial charge in [0, 0.05) is 37.9 Å². The molecule has 2 saturated heterocycles. The second kappa shape index (κ2) is 9.29. The van der Waals surface area contributed by atoms with Gasteiger partial charge in [0.1, 0.15) is 0 Å². The number of nitrogens with zero attached hydrogens (tertiary/aromatic N) is 2. The van der Waals surface area contributed by atoms with E-state index in [1.807, 2.05) is 0 Å². The Morgan fingerprint density at radius 2 is 1.78 bits per heavy atom. The first-order valence-corrected chi connectivity index (χ1v) is 11.3. The molecule has 0 radical (unpaired) electrons. The van der Waals surface area contributed by atoms with Gasteiger partial charge in [-0.3, -0.25) is 0 Å². The molecule has 0 aromatic heterocycles. The molecule has 0 bridgehead atoms. The smallest absolute Gasteiger partial charge is 0.243 e. The lowest BCUT2D eigenvalue weighted by Crippen LogP contribution is -2.45. The third-order valence-electron chi connectivity index (χ3n) is 5.09. The van der Waals surface area contributed by atoms with Crippen LogP contribution >= 0.6 is 12.2 Å². The molecule has 2 aliphatic rings. The van der Waals surface area contributed by atoms with Crippen LogP contribution in [0.3, 0.4) is 0 Å². The van der Waals surface area contributed by atoms with Gasteiger partial charge in [-0.1, -0.05) is 6.92 Å². The Morgan fingerprint density at radius 3 is 2.37 bits per heavy atom. The van der Waals surface area contributed by atoms with E-state index in [-0.39, 0.29) is 0 Å². The monoisotopic (exact) mass is 412 g/mol. The van der Waals surface area contributed by atoms with E-state index in [0.717, 1.165) is 38.2 Å². The van der Waals surface area contributed by atoms with Crippen LogP contribution in [0.2, 0.25) is 0 Å². The molecule has 27 heavy (non-hydrogen) atoms. The molecule has 9 heteroatoms. The van der Waals surface area contributed by atoms with Crippen molar-refractivity contribution in [2.45, 2.75) is 30.7 Å². The number of nitrogens with one attached hydrogen (secondary N) is 2. The first-order chi connectivity index (χ1) is 13.0. The van der Waals surface area contributed by atoms with Gasteiger partial charge < -0.3 is 20.3 Å². The zero-order valence-electron chi connectivity index (χ0n) is 15.7. The number of anilines is 1. The third kappa shape index (κ3) is 5.39. The SMILES string of the molecule is CCN1CCC(NC(=S)Nc2ccc(S(=O)(=O)N3CCOCC3)cc2)CC1. The van der Waals surface area contributed by atoms with E-state index in [2.05, 4.69) is 22.5 Å². The maximum Gasteiger partial charge on any atom is 0.243 e. The lowest BCUT2D eigenvalue weighted by atomic mass is 10.1. The van der Waals surface area contributed by atoms with E-state index < -0.39 is 10.0 Å². The topological polar surface area (TPSA) is 73.9 Å². The van der Waals surface area contributed by atoms with Crippen molar-refractivity contribution < 1.29 is 13.2 Å². The van der Waals surface area contributed by atoms with Crippen LogP contribution in [-0.4, -0.2) is 74.7 Å². The summed E-state index contributed by atoms with van der Waals surface area (Å²) in [6, 6.07) is 7.13. The molecule has 0 amide bonds. The number of likely N-dealkylation sites (tertiary alicyclic amines) is 1. The maximum absolute atomic E-state index is 12.6. The second-order valence-electron chi connectivity index (χ2n) is 6.85. The summed E-state index contributed by atoms with van der Waals surface area (Å²) in [7, 11) is -3.47. The predicted octanol–water partition coefficient (Wildman–Crippen LogP) is 1.48. The van der Waals surface area contributed by atoms with Crippen LogP contribution in [0, 0.1) is 0 Å². The average molecular weight is 413 g/mol. The van der Waals surface area contributed by atoms with E-state index in [4.69, 9.17) is 17.0 Å². The molecular formula is C18H28N4O3S2. The zero-order chi connectivity index (χ0) is 19.3. The van der Waals surface area contributed by atoms with E-state index in [1.54, 1.807) is 24.3 Å². The van der Waals surface area contributed by atoms with E-state index >= 15 is 0 Å². The zero-order valence-corrected chi connectivity index (χ0v) is 17.3. The van der Waals surface area contributed by atoms with Crippen LogP contribution in [0.25, 0.3) is 0 Å². The molecule has 1 aromatic carbocycles. The molecule has 0 saturated carbocycles. The summed E-state index contributed by atoms with van der Waals surface area (Å²) >= 11 is 5.41. The molecule has 0 atom stereocenters. The average Bonchev–Trinajstić information content (AvgIpc) is 2.69. The minimum Gasteiger partial charge on any atom is -0.379 e. The third-order valence-corrected chi connectivity index (χ3v) is 7.22. The summed E-state index contributed by atoms with van der Waals surface area (Å²) in [5.74, 6) is 0. The van der Waals surface area contributed by atoms with Crippen LogP contribution in [0.5, 0.6) is 0 Å². The number of thiocarbonyl (C=S) groups is 1. The van der Waals surface area contributed by atoms with E-state index in [1.165, 1.54) is 4.31 Å². The standard InChI is InChI=1S/C18H28N4O3S2/c1-2-21-9-7-16(8-10-21)20-18(26)19-15-3-5-17(6-4-15)27(23,24)22-11-13-25-14-12-22/h3-6,16H,2,7-14H2,1H3,(H2,19,20,26). The largest absolute Gasteiger partial charge is 0.379 e. The van der Waals surface area contributed by atoms with E-state index in [0.29, 0.717) is 42.4 Å². The van der Waals surface area contributed by atoms with Crippen molar-refractivity contribution >= 4 is 33.0 Å². The van der Waals surface area contributed by atoms with Gasteiger partial charge in [0.25, 0.3) is 0 Å². The molecule has 2 fully saturated rings. The number of rotatable bonds is 5. The Kier molecular flexibility index (Phi) is 7.04. The minimum atomic E-state index is -3.47. The van der Waals surface area contributed by atoms with Crippen LogP contribution in [0.1, 0.15) is 19.8 Å². The minimum absolute atomic E-state index is 0.292. The van der Waals surface area contributed by atoms with Crippen molar-refractivity contribution in [2.75, 3.05) is 51.3 Å². The summed E-state index contributed by atoms with van der Waals surface area (Å²) in [6.07, 6.45) is 2.15. The predicted molar refractivity (Wildman–Crippen MR) is 111 cm³/mol. The molecular weight excluding hydrogens is 384 g/mol. The van der Waals surface area contributed by atoms with E-state index in [9.17, 15) is 8.42 Å². The Hall–Kier alpha value is -1.26. The normalized spacial score (nSPS) is 20.3. The highest BCUT2D eigenvalue weighted by Gasteiger charge is 2.26. The molecule has 3 rings (SSSR count). The van der Waals surface area contributed by atoms with Crippen molar-refractivity contribution in [3.05, 3.63) is 24.3 Å². The Labute approximate surface area is 167 Å². The van der Waals surface area contributed by atoms with Gasteiger partial charge in [-0.2, -0.15) is 4.31 Å². The van der Waals surface area contributed by atoms with Gasteiger partial charge in [0.2, 0.25) is 10.0 Å². The Bertz CT molecular complexity index is 725. The first kappa shape index (κ1) is 20.5. The quantitative estimate of drug-likeness (QED) is 0.710. The number of morpholine rings is 1. The molecule has 0 aliphatic carbocycles. The maximum atomic E-state index is 12.6. The van der Waals surface area contributed by atoms with Gasteiger partial charge in [-0.05, 0) is 55.9 Å². The molecule has 7 nitrogen and oxygen atoms in total. The van der Waals surface area contributed by atoms with Crippen molar-refractivity contribution in [3.8, 4) is 0 Å². The molecule has 150 valence electrons. The number of sulfonamides is 1. The molecule has 2 heterocycles. The van der Waals surface area contributed by atoms with Crippen LogP contribution in [0.4, 0.5) is 5.69 Å². The highest BCUT2D eigenvalue weighted by Crippen LogP contribution is 2.19. The molecule has 0 unspecified atom stereocenters. The van der Waals surface area contributed by atoms with Crippen molar-refractivity contribution in [3.63, 3.8) is 0 Å². The van der Waals surface area contributed by atoms with Crippen LogP contribution in [0.15, 0.2) is 29.2 Å². The fourth-order valence-electron chi connectivity index (χ4n) is 3.39. The fraction of sp³-hybridized carbons (Fsp3) is 0.611. The van der Waals surface area contributed by atoms with Crippen molar-refractivity contribution in [1.82, 2.24) is 14.5 Å². The lowest BCUT2D eigenvalue weighted by molar-refractivity contribution is 0.0730. The van der Waals surface area contributed by atoms with Crippen molar-refractivity contribution in [1.29, 1.82) is 0 Å². The molecule has 0 spiro atoms. The molecule has 2 N–H and O–H groups in total. The Balaban J connectivity index is 1.53. The molecule has 2 aliphatic heterocycles. The lowest BCUT2D eigenvalue weighted by Gasteiger charge is -2.32. The Morgan fingerprint density at radius 1 is 1.15 bits per heavy atom. The molecule has 1 aromatic rings. The second-order valence-corrected chi connectivity index (χ2v) is 9.19. The van der Waals surface area contributed by atoms with Crippen LogP contribution < -0.4 is 10.6 Å². The van der Waals surface area contributed by atoms with Gasteiger partial charge in [0.15, 0.2) is 5.11 Å². The number of hydrogen-bond donors (Lipinski definition) is 2. The summed E-state index contributed by atoms with van der Waals surface area (Å²) in [5.41, 5.74) is 0.777. The number of piperidine rings is 1. The highest BCUT2D eigenvalue weighted by molar-refractivity contribution is 7.89. The summed E-state index contributed by atoms with van der Waals surface area (Å²) < 4.78 is 32.0. The summed E-state index contributed by atoms with van der Waals surface area (Å²) in [4.78, 5) is 2.73. The number of ether oxygens (including phenoxy) is 1. The van der Waals surface area contributed by atoms with Gasteiger partial charge >= 0.3 is 0 Å². The highest BCUT2D eigenvalue weighted by atomic mass is 32.2. The van der Waals surface area contributed by atoms with Gasteiger partial charge in [0.05, 0.1) is 18.1 Å². The number of hydrogen-bond acceptors (Lipinski definition) is 5. The van der Waals surface area contributed by atoms with Gasteiger partial charge in [-0.15, -0.1) is 0 Å². The van der Waals surface area contributed by atoms with Gasteiger partial charge in [-0.25, -0.2) is 8.42 Å². The number of benzene rings is 1. The summed E-state index contributed by atoms with van der Waals surface area (Å²) in [5, 5.41) is 7.09. The first-order valence-electron chi connectivity index (χ1n) is 9.47. The van der Waals surface area contributed by atoms with Crippen LogP contribution in [-0.2, 0) is 14.8 Å². The fourth-order valence-corrected chi connectivity index (χ4v) is 5.08. The summed E-state index contributed by atoms with van der Waals surface area (Å²) in [6.45, 7) is 7.13.